The first-order valence-electron chi connectivity index (χ1n) is 7.46. The number of nitrogens with two attached hydrogens (primary N) is 1. The monoisotopic (exact) mass is 277 g/mol. The van der Waals surface area contributed by atoms with Crippen LogP contribution in [0.5, 0.6) is 5.75 Å². The maximum Gasteiger partial charge on any atom is 0.119 e. The van der Waals surface area contributed by atoms with Gasteiger partial charge in [0.25, 0.3) is 0 Å². The topological polar surface area (TPSA) is 41.7 Å². The molecule has 0 radical (unpaired) electrons. The van der Waals surface area contributed by atoms with Gasteiger partial charge in [0.1, 0.15) is 5.75 Å². The Bertz CT molecular complexity index is 405. The van der Waals surface area contributed by atoms with Crippen molar-refractivity contribution in [1.29, 1.82) is 0 Å². The number of likely N-dealkylation sites (N-methyl/N-ethyl adjacent to an activating group) is 1. The Labute approximate surface area is 122 Å². The summed E-state index contributed by atoms with van der Waals surface area (Å²) in [6.07, 6.45) is 0.222. The van der Waals surface area contributed by atoms with E-state index in [0.717, 1.165) is 38.5 Å². The van der Waals surface area contributed by atoms with Gasteiger partial charge in [-0.25, -0.2) is 0 Å². The molecule has 1 aromatic rings. The smallest absolute Gasteiger partial charge is 0.119 e. The van der Waals surface area contributed by atoms with Crippen LogP contribution in [-0.2, 0) is 6.54 Å². The van der Waals surface area contributed by atoms with E-state index in [1.807, 2.05) is 13.8 Å². The Hall–Kier alpha value is -1.10. The van der Waals surface area contributed by atoms with Gasteiger partial charge in [-0.15, -0.1) is 0 Å². The highest BCUT2D eigenvalue weighted by Gasteiger charge is 2.23. The summed E-state index contributed by atoms with van der Waals surface area (Å²) in [6.45, 7) is 9.04. The molecule has 4 nitrogen and oxygen atoms in total. The molecule has 1 fully saturated rings. The van der Waals surface area contributed by atoms with Crippen LogP contribution >= 0.6 is 0 Å². The molecule has 2 N–H and O–H groups in total. The van der Waals surface area contributed by atoms with E-state index in [0.29, 0.717) is 6.04 Å². The molecule has 1 aromatic carbocycles. The lowest BCUT2D eigenvalue weighted by Gasteiger charge is -2.39. The van der Waals surface area contributed by atoms with Gasteiger partial charge in [0.15, 0.2) is 0 Å². The highest BCUT2D eigenvalue weighted by Crippen LogP contribution is 2.17. The molecule has 1 aliphatic rings. The van der Waals surface area contributed by atoms with Gasteiger partial charge >= 0.3 is 0 Å². The highest BCUT2D eigenvalue weighted by atomic mass is 16.5. The van der Waals surface area contributed by atoms with Crippen LogP contribution in [0.25, 0.3) is 0 Å². The molecular formula is C16H27N3O. The first-order valence-corrected chi connectivity index (χ1v) is 7.46. The van der Waals surface area contributed by atoms with Gasteiger partial charge in [-0.3, -0.25) is 4.90 Å². The summed E-state index contributed by atoms with van der Waals surface area (Å²) in [5, 5.41) is 0. The molecule has 1 heterocycles. The standard InChI is InChI=1S/C16H27N3O/c1-13(2)20-16-6-4-14(5-7-16)11-19-9-8-18(3)12-15(19)10-17/h4-7,13,15H,8-12,17H2,1-3H3. The van der Waals surface area contributed by atoms with E-state index >= 15 is 0 Å². The summed E-state index contributed by atoms with van der Waals surface area (Å²) in [4.78, 5) is 4.84. The Morgan fingerprint density at radius 2 is 1.95 bits per heavy atom. The normalized spacial score (nSPS) is 21.4. The molecule has 1 unspecified atom stereocenters. The van der Waals surface area contributed by atoms with Crippen molar-refractivity contribution in [3.05, 3.63) is 29.8 Å². The molecular weight excluding hydrogens is 250 g/mol. The Kier molecular flexibility index (Phi) is 5.40. The van der Waals surface area contributed by atoms with Gasteiger partial charge < -0.3 is 15.4 Å². The first-order chi connectivity index (χ1) is 9.58. The Morgan fingerprint density at radius 3 is 2.55 bits per heavy atom. The molecule has 1 atom stereocenters. The molecule has 0 aromatic heterocycles. The number of hydrogen-bond donors (Lipinski definition) is 1. The quantitative estimate of drug-likeness (QED) is 0.886. The van der Waals surface area contributed by atoms with E-state index in [-0.39, 0.29) is 6.10 Å². The number of piperazine rings is 1. The van der Waals surface area contributed by atoms with Crippen molar-refractivity contribution in [3.8, 4) is 5.75 Å². The minimum Gasteiger partial charge on any atom is -0.491 e. The fourth-order valence-corrected chi connectivity index (χ4v) is 2.66. The predicted molar refractivity (Wildman–Crippen MR) is 83.0 cm³/mol. The second-order valence-corrected chi connectivity index (χ2v) is 5.93. The number of hydrogen-bond acceptors (Lipinski definition) is 4. The van der Waals surface area contributed by atoms with Gasteiger partial charge in [-0.2, -0.15) is 0 Å². The summed E-state index contributed by atoms with van der Waals surface area (Å²) in [6, 6.07) is 8.89. The van der Waals surface area contributed by atoms with Gasteiger partial charge in [0.2, 0.25) is 0 Å². The zero-order valence-corrected chi connectivity index (χ0v) is 12.9. The van der Waals surface area contributed by atoms with E-state index in [1.54, 1.807) is 0 Å². The minimum absolute atomic E-state index is 0.222. The van der Waals surface area contributed by atoms with Crippen molar-refractivity contribution in [2.24, 2.45) is 5.73 Å². The highest BCUT2D eigenvalue weighted by molar-refractivity contribution is 5.27. The minimum atomic E-state index is 0.222. The van der Waals surface area contributed by atoms with E-state index in [1.165, 1.54) is 5.56 Å². The molecule has 0 saturated carbocycles. The van der Waals surface area contributed by atoms with Crippen molar-refractivity contribution in [1.82, 2.24) is 9.80 Å². The van der Waals surface area contributed by atoms with E-state index in [4.69, 9.17) is 10.5 Å². The van der Waals surface area contributed by atoms with E-state index in [2.05, 4.69) is 41.1 Å². The summed E-state index contributed by atoms with van der Waals surface area (Å²) < 4.78 is 5.68. The van der Waals surface area contributed by atoms with Crippen LogP contribution in [0.2, 0.25) is 0 Å². The molecule has 0 spiro atoms. The third-order valence-electron chi connectivity index (χ3n) is 3.76. The molecule has 20 heavy (non-hydrogen) atoms. The van der Waals surface area contributed by atoms with E-state index in [9.17, 15) is 0 Å². The van der Waals surface area contributed by atoms with Crippen LogP contribution in [0.3, 0.4) is 0 Å². The molecule has 1 saturated heterocycles. The molecule has 0 bridgehead atoms. The predicted octanol–water partition coefficient (Wildman–Crippen LogP) is 1.55. The van der Waals surface area contributed by atoms with Crippen LogP contribution < -0.4 is 10.5 Å². The van der Waals surface area contributed by atoms with Gasteiger partial charge in [0, 0.05) is 38.8 Å². The fourth-order valence-electron chi connectivity index (χ4n) is 2.66. The Morgan fingerprint density at radius 1 is 1.25 bits per heavy atom. The van der Waals surface area contributed by atoms with E-state index < -0.39 is 0 Å². The maximum atomic E-state index is 5.90. The largest absolute Gasteiger partial charge is 0.491 e. The van der Waals surface area contributed by atoms with Gasteiger partial charge in [0.05, 0.1) is 6.10 Å². The van der Waals surface area contributed by atoms with Crippen molar-refractivity contribution < 1.29 is 4.74 Å². The van der Waals surface area contributed by atoms with Crippen molar-refractivity contribution >= 4 is 0 Å². The van der Waals surface area contributed by atoms with Crippen LogP contribution in [-0.4, -0.2) is 55.2 Å². The number of benzene rings is 1. The lowest BCUT2D eigenvalue weighted by Crippen LogP contribution is -2.54. The average molecular weight is 277 g/mol. The van der Waals surface area contributed by atoms with Crippen LogP contribution in [0.4, 0.5) is 0 Å². The zero-order chi connectivity index (χ0) is 14.5. The van der Waals surface area contributed by atoms with Crippen molar-refractivity contribution in [2.75, 3.05) is 33.2 Å². The van der Waals surface area contributed by atoms with Gasteiger partial charge in [-0.05, 0) is 38.6 Å². The third kappa shape index (κ3) is 4.20. The second kappa shape index (κ2) is 7.07. The number of rotatable bonds is 5. The van der Waals surface area contributed by atoms with Crippen LogP contribution in [0, 0.1) is 0 Å². The Balaban J connectivity index is 1.95. The molecule has 2 rings (SSSR count). The molecule has 0 aliphatic carbocycles. The SMILES string of the molecule is CC(C)Oc1ccc(CN2CCN(C)CC2CN)cc1. The number of ether oxygens (including phenoxy) is 1. The summed E-state index contributed by atoms with van der Waals surface area (Å²) in [5.41, 5.74) is 7.22. The maximum absolute atomic E-state index is 5.90. The molecule has 1 aliphatic heterocycles. The average Bonchev–Trinajstić information content (AvgIpc) is 2.42. The van der Waals surface area contributed by atoms with Crippen LogP contribution in [0.15, 0.2) is 24.3 Å². The molecule has 0 amide bonds. The second-order valence-electron chi connectivity index (χ2n) is 5.93. The summed E-state index contributed by atoms with van der Waals surface area (Å²) in [5.74, 6) is 0.942. The first kappa shape index (κ1) is 15.3. The summed E-state index contributed by atoms with van der Waals surface area (Å²) in [7, 11) is 2.16. The fraction of sp³-hybridized carbons (Fsp3) is 0.625. The van der Waals surface area contributed by atoms with Crippen molar-refractivity contribution in [2.45, 2.75) is 32.5 Å². The number of nitrogens with zero attached hydrogens (tertiary/aromatic N) is 2. The lowest BCUT2D eigenvalue weighted by atomic mass is 10.1. The van der Waals surface area contributed by atoms with Crippen molar-refractivity contribution in [3.63, 3.8) is 0 Å². The third-order valence-corrected chi connectivity index (χ3v) is 3.76. The van der Waals surface area contributed by atoms with Crippen LogP contribution in [0.1, 0.15) is 19.4 Å². The summed E-state index contributed by atoms with van der Waals surface area (Å²) >= 11 is 0. The zero-order valence-electron chi connectivity index (χ0n) is 12.9. The molecule has 4 heteroatoms. The molecule has 112 valence electrons. The lowest BCUT2D eigenvalue weighted by molar-refractivity contribution is 0.0880. The van der Waals surface area contributed by atoms with Gasteiger partial charge in [-0.1, -0.05) is 12.1 Å².